The van der Waals surface area contributed by atoms with E-state index in [-0.39, 0.29) is 46.0 Å². The van der Waals surface area contributed by atoms with E-state index in [0.29, 0.717) is 34.5 Å². The number of allylic oxidation sites excluding steroid dienone is 7. The molecular formula is C31H21BrN2O8. The number of amides is 2. The maximum atomic E-state index is 14.0. The summed E-state index contributed by atoms with van der Waals surface area (Å²) < 4.78 is 6.01. The number of phenols is 1. The molecule has 1 fully saturated rings. The molecule has 3 aliphatic carbocycles. The van der Waals surface area contributed by atoms with Crippen molar-refractivity contribution in [1.29, 1.82) is 0 Å². The number of carbonyl (C=O) groups excluding carboxylic acids is 4. The molecule has 210 valence electrons. The number of hydrogen-bond donors (Lipinski definition) is 1. The Labute approximate surface area is 246 Å². The highest BCUT2D eigenvalue weighted by Gasteiger charge is 2.57. The van der Waals surface area contributed by atoms with Gasteiger partial charge in [-0.15, -0.1) is 0 Å². The van der Waals surface area contributed by atoms with Gasteiger partial charge in [-0.1, -0.05) is 17.7 Å². The van der Waals surface area contributed by atoms with Crippen LogP contribution in [0.3, 0.4) is 0 Å². The number of anilines is 1. The van der Waals surface area contributed by atoms with Gasteiger partial charge in [0.05, 0.1) is 33.2 Å². The van der Waals surface area contributed by atoms with Crippen LogP contribution in [0.5, 0.6) is 11.5 Å². The van der Waals surface area contributed by atoms with Crippen molar-refractivity contribution in [3.63, 3.8) is 0 Å². The average molecular weight is 629 g/mol. The third kappa shape index (κ3) is 3.83. The van der Waals surface area contributed by atoms with Crippen LogP contribution in [0.4, 0.5) is 11.4 Å². The summed E-state index contributed by atoms with van der Waals surface area (Å²) in [6.45, 7) is 0. The largest absolute Gasteiger partial charge is 0.508 e. The highest BCUT2D eigenvalue weighted by Crippen LogP contribution is 2.55. The van der Waals surface area contributed by atoms with E-state index in [2.05, 4.69) is 15.9 Å². The molecule has 2 amide bonds. The van der Waals surface area contributed by atoms with E-state index in [4.69, 9.17) is 4.74 Å². The number of non-ortho nitro benzene ring substituents is 1. The summed E-state index contributed by atoms with van der Waals surface area (Å²) in [4.78, 5) is 66.3. The van der Waals surface area contributed by atoms with Gasteiger partial charge in [0.2, 0.25) is 11.8 Å². The molecule has 4 atom stereocenters. The SMILES string of the molecule is O=C1C=C(Br)C(=O)C2=C1C(C1=COc3ccc(O)cc3C1)C1=CCC3C(=O)N(c4cccc([N+](=O)[O-])c4)C(=O)C3C1C2. The number of phenolic OH excluding ortho intramolecular Hbond substituents is 1. The number of Topliss-reactive ketones (excluding diaryl/α,β-unsaturated/α-hetero) is 1. The van der Waals surface area contributed by atoms with E-state index < -0.39 is 40.4 Å². The minimum atomic E-state index is -0.817. The number of rotatable bonds is 3. The normalized spacial score (nSPS) is 26.4. The van der Waals surface area contributed by atoms with Crippen LogP contribution in [-0.4, -0.2) is 33.4 Å². The lowest BCUT2D eigenvalue weighted by molar-refractivity contribution is -0.384. The minimum absolute atomic E-state index is 0.0619. The number of nitrogens with zero attached hydrogens (tertiary/aromatic N) is 2. The maximum absolute atomic E-state index is 14.0. The fourth-order valence-corrected chi connectivity index (χ4v) is 7.46. The number of ether oxygens (including phenoxy) is 1. The molecular weight excluding hydrogens is 608 g/mol. The number of nitro groups is 1. The third-order valence-corrected chi connectivity index (χ3v) is 9.37. The molecule has 7 rings (SSSR count). The molecule has 0 spiro atoms. The molecule has 42 heavy (non-hydrogen) atoms. The van der Waals surface area contributed by atoms with Crippen LogP contribution < -0.4 is 9.64 Å². The van der Waals surface area contributed by atoms with Gasteiger partial charge in [0.1, 0.15) is 11.5 Å². The van der Waals surface area contributed by atoms with Gasteiger partial charge in [-0.05, 0) is 64.5 Å². The number of hydrogen-bond acceptors (Lipinski definition) is 8. The first-order valence-corrected chi connectivity index (χ1v) is 14.1. The highest BCUT2D eigenvalue weighted by molar-refractivity contribution is 9.12. The molecule has 10 nitrogen and oxygen atoms in total. The summed E-state index contributed by atoms with van der Waals surface area (Å²) in [5.74, 6) is -3.74. The van der Waals surface area contributed by atoms with Crippen LogP contribution in [0.15, 0.2) is 87.7 Å². The molecule has 1 N–H and O–H groups in total. The zero-order valence-corrected chi connectivity index (χ0v) is 23.4. The second-order valence-corrected chi connectivity index (χ2v) is 11.8. The van der Waals surface area contributed by atoms with Gasteiger partial charge in [0.15, 0.2) is 11.6 Å². The first kappa shape index (κ1) is 26.3. The Hall–Kier alpha value is -4.64. The molecule has 5 aliphatic rings. The molecule has 1 saturated heterocycles. The summed E-state index contributed by atoms with van der Waals surface area (Å²) in [6, 6.07) is 10.2. The van der Waals surface area contributed by atoms with Gasteiger partial charge in [0, 0.05) is 47.3 Å². The van der Waals surface area contributed by atoms with Gasteiger partial charge >= 0.3 is 0 Å². The topological polar surface area (TPSA) is 144 Å². The highest BCUT2D eigenvalue weighted by atomic mass is 79.9. The fourth-order valence-electron chi connectivity index (χ4n) is 7.02. The lowest BCUT2D eigenvalue weighted by Gasteiger charge is -2.43. The van der Waals surface area contributed by atoms with Crippen molar-refractivity contribution in [3.8, 4) is 11.5 Å². The number of carbonyl (C=O) groups is 4. The standard InChI is InChI=1S/C31H21BrN2O8/c32-23-12-24(36)28-22(29(23)37)11-21-19(26(28)15-8-14-9-18(35)4-7-25(14)42-13-15)5-6-20-27(21)31(39)33(30(20)38)16-2-1-3-17(10-16)34(40)41/h1-5,7,9-10,12-13,20-21,26-27,35H,6,8,11H2. The lowest BCUT2D eigenvalue weighted by Crippen LogP contribution is -2.41. The van der Waals surface area contributed by atoms with E-state index in [1.54, 1.807) is 18.4 Å². The van der Waals surface area contributed by atoms with E-state index in [0.717, 1.165) is 10.5 Å². The molecule has 0 bridgehead atoms. The molecule has 4 unspecified atom stereocenters. The Kier molecular flexibility index (Phi) is 5.91. The van der Waals surface area contributed by atoms with Crippen molar-refractivity contribution >= 4 is 50.7 Å². The zero-order valence-electron chi connectivity index (χ0n) is 21.8. The molecule has 0 radical (unpaired) electrons. The van der Waals surface area contributed by atoms with Crippen molar-refractivity contribution in [3.05, 3.63) is 103 Å². The van der Waals surface area contributed by atoms with Gasteiger partial charge < -0.3 is 9.84 Å². The monoisotopic (exact) mass is 628 g/mol. The number of imide groups is 1. The Morgan fingerprint density at radius 1 is 1.05 bits per heavy atom. The summed E-state index contributed by atoms with van der Waals surface area (Å²) >= 11 is 3.22. The van der Waals surface area contributed by atoms with Crippen LogP contribution in [0, 0.1) is 33.8 Å². The van der Waals surface area contributed by atoms with E-state index in [9.17, 15) is 34.4 Å². The van der Waals surface area contributed by atoms with Crippen LogP contribution in [0.1, 0.15) is 18.4 Å². The minimum Gasteiger partial charge on any atom is -0.508 e. The van der Waals surface area contributed by atoms with Gasteiger partial charge in [-0.25, -0.2) is 4.90 Å². The number of fused-ring (bicyclic) bond motifs is 4. The number of aromatic hydroxyl groups is 1. The summed E-state index contributed by atoms with van der Waals surface area (Å²) in [5, 5.41) is 21.4. The predicted octanol–water partition coefficient (Wildman–Crippen LogP) is 4.62. The molecule has 0 aromatic heterocycles. The molecule has 11 heteroatoms. The van der Waals surface area contributed by atoms with Gasteiger partial charge in [-0.3, -0.25) is 29.3 Å². The fraction of sp³-hybridized carbons (Fsp3) is 0.226. The van der Waals surface area contributed by atoms with Crippen molar-refractivity contribution in [2.75, 3.05) is 4.90 Å². The molecule has 2 aliphatic heterocycles. The Balaban J connectivity index is 1.32. The van der Waals surface area contributed by atoms with Crippen molar-refractivity contribution in [1.82, 2.24) is 0 Å². The van der Waals surface area contributed by atoms with Crippen LogP contribution in [0.2, 0.25) is 0 Å². The van der Waals surface area contributed by atoms with Crippen LogP contribution in [0.25, 0.3) is 0 Å². The first-order valence-electron chi connectivity index (χ1n) is 13.3. The van der Waals surface area contributed by atoms with Crippen LogP contribution in [-0.2, 0) is 25.6 Å². The Morgan fingerprint density at radius 2 is 1.86 bits per heavy atom. The quantitative estimate of drug-likeness (QED) is 0.170. The first-order chi connectivity index (χ1) is 20.1. The van der Waals surface area contributed by atoms with Crippen LogP contribution >= 0.6 is 15.9 Å². The molecule has 0 saturated carbocycles. The smallest absolute Gasteiger partial charge is 0.271 e. The zero-order chi connectivity index (χ0) is 29.4. The Morgan fingerprint density at radius 3 is 2.64 bits per heavy atom. The number of halogens is 1. The Bertz CT molecular complexity index is 1800. The molecule has 2 aromatic carbocycles. The van der Waals surface area contributed by atoms with Gasteiger partial charge in [0.25, 0.3) is 5.69 Å². The van der Waals surface area contributed by atoms with Crippen molar-refractivity contribution in [2.45, 2.75) is 19.3 Å². The third-order valence-electron chi connectivity index (χ3n) is 8.78. The summed E-state index contributed by atoms with van der Waals surface area (Å²) in [6.07, 6.45) is 5.39. The van der Waals surface area contributed by atoms with E-state index in [1.165, 1.54) is 36.4 Å². The number of ketones is 2. The second kappa shape index (κ2) is 9.45. The number of nitro benzene ring substituents is 1. The lowest BCUT2D eigenvalue weighted by atomic mass is 9.59. The van der Waals surface area contributed by atoms with Crippen molar-refractivity contribution < 1.29 is 33.9 Å². The molecule has 2 aromatic rings. The van der Waals surface area contributed by atoms with E-state index >= 15 is 0 Å². The average Bonchev–Trinajstić information content (AvgIpc) is 3.23. The van der Waals surface area contributed by atoms with Gasteiger partial charge in [-0.2, -0.15) is 0 Å². The van der Waals surface area contributed by atoms with E-state index in [1.807, 2.05) is 6.08 Å². The second-order valence-electron chi connectivity index (χ2n) is 11.0. The summed E-state index contributed by atoms with van der Waals surface area (Å²) in [5.41, 5.74) is 2.66. The summed E-state index contributed by atoms with van der Waals surface area (Å²) in [7, 11) is 0. The molecule has 2 heterocycles. The van der Waals surface area contributed by atoms with Crippen molar-refractivity contribution in [2.24, 2.45) is 23.7 Å². The maximum Gasteiger partial charge on any atom is 0.271 e. The predicted molar refractivity (Wildman–Crippen MR) is 151 cm³/mol. The number of benzene rings is 2.